The van der Waals surface area contributed by atoms with E-state index >= 15 is 0 Å². The Bertz CT molecular complexity index is 4670. The van der Waals surface area contributed by atoms with Crippen molar-refractivity contribution in [1.82, 2.24) is 73.2 Å². The van der Waals surface area contributed by atoms with E-state index in [1.165, 1.54) is 44.2 Å². The van der Waals surface area contributed by atoms with E-state index in [4.69, 9.17) is 12.8 Å². The predicted octanol–water partition coefficient (Wildman–Crippen LogP) is 10.5. The number of halogens is 1. The number of nitrogens with zero attached hydrogens (tertiary/aromatic N) is 14. The van der Waals surface area contributed by atoms with Gasteiger partial charge in [-0.2, -0.15) is 10.2 Å². The Hall–Kier alpha value is -9.11. The summed E-state index contributed by atoms with van der Waals surface area (Å²) in [6, 6.07) is 34.5. The van der Waals surface area contributed by atoms with Gasteiger partial charge in [0.25, 0.3) is 16.7 Å². The van der Waals surface area contributed by atoms with Crippen LogP contribution in [0.4, 0.5) is 0 Å². The molecule has 9 aromatic heterocycles. The van der Waals surface area contributed by atoms with E-state index in [1.54, 1.807) is 48.1 Å². The van der Waals surface area contributed by atoms with Crippen molar-refractivity contribution in [2.45, 2.75) is 82.2 Å². The van der Waals surface area contributed by atoms with Crippen LogP contribution < -0.4 is 22.3 Å². The van der Waals surface area contributed by atoms with Crippen molar-refractivity contribution < 1.29 is 21.1 Å². The standard InChI is InChI=1S/C25H23N7O.C15H13N3O.C10H11BN4.C9H6BrNO.C6H8N2.CH3.W/c1-30(2)22-13-27-29-24(22)20-4-3-5-23(28-20)32-11-10-16-8-9-18(12-19(16)25(32)33)31-14-21(26-15-31)17-6-7-17;19-15-13-7-12(4-3-10(13)5-6-16-15)18-8-14(17-9-18)11-1-2-11;1-7(2)15-6-12-14-10(15)8-4-3-5-9(11)13-8;10-7-2-1-6-3-4-11-9(12)8(6)5-7;1-2-5(1)6-3-7-4-8-6;;/h3-5,8-15,17,22H,6-7H2,1-2H3;3-9,11H,1-2H2,(H,16,19);3-7H,1-2H3;1-5H,(H,11,12);3-5H,1-2H2,(H,7,8);1H3;/q;;;;;-1;. The summed E-state index contributed by atoms with van der Waals surface area (Å²) in [4.78, 5) is 68.8. The SMILES string of the molecule is CN(C)C1C=NN=C1c1cccc(-n2ccc3ccc(-n4cnc(C5CC5)c4)cc3c2=O)n1.O=c1[nH]ccc2ccc(-n3cnc(C4CC4)c3)cc12.O=c1[nH]ccc2ccc(Br)cc12.[B]c1cccc(-c2nncn2C(C)C)n1.[CH3-].[W].c1ncc(C2CC2)[nH]1. The molecule has 3 aliphatic carbocycles. The van der Waals surface area contributed by atoms with Crippen molar-refractivity contribution in [2.24, 2.45) is 10.2 Å². The van der Waals surface area contributed by atoms with Crippen LogP contribution in [0, 0.1) is 7.43 Å². The van der Waals surface area contributed by atoms with Crippen LogP contribution in [0.2, 0.25) is 0 Å². The Kier molecular flexibility index (Phi) is 19.8. The number of likely N-dealkylation sites (N-methyl/N-ethyl adjacent to an activating group) is 1. The van der Waals surface area contributed by atoms with Crippen LogP contribution >= 0.6 is 15.9 Å². The molecule has 2 radical (unpaired) electrons. The van der Waals surface area contributed by atoms with Gasteiger partial charge in [-0.1, -0.05) is 52.3 Å². The fourth-order valence-electron chi connectivity index (χ4n) is 10.0. The number of fused-ring (bicyclic) bond motifs is 3. The molecular weight excluding hydrogens is 1350 g/mol. The summed E-state index contributed by atoms with van der Waals surface area (Å²) in [5.74, 6) is 3.35. The monoisotopic (exact) mass is 1420 g/mol. The molecule has 12 aromatic rings. The first-order chi connectivity index (χ1) is 42.3. The van der Waals surface area contributed by atoms with Gasteiger partial charge in [0.15, 0.2) is 5.82 Å². The quantitative estimate of drug-likeness (QED) is 0.0860. The van der Waals surface area contributed by atoms with Gasteiger partial charge in [0.1, 0.15) is 31.4 Å². The maximum atomic E-state index is 13.5. The molecule has 1 atom stereocenters. The first-order valence-electron chi connectivity index (χ1n) is 28.8. The van der Waals surface area contributed by atoms with Crippen LogP contribution in [0.5, 0.6) is 0 Å². The number of rotatable bonds is 10. The number of aromatic nitrogens is 14. The van der Waals surface area contributed by atoms with Crippen LogP contribution in [0.3, 0.4) is 0 Å². The van der Waals surface area contributed by atoms with Gasteiger partial charge < -0.3 is 36.1 Å². The number of nitrogens with one attached hydrogen (secondary N) is 3. The molecule has 3 aromatic carbocycles. The van der Waals surface area contributed by atoms with E-state index in [1.807, 2.05) is 155 Å². The number of imidazole rings is 3. The molecule has 20 nitrogen and oxygen atoms in total. The number of hydrogen-bond donors (Lipinski definition) is 3. The van der Waals surface area contributed by atoms with Crippen molar-refractivity contribution in [2.75, 3.05) is 14.1 Å². The van der Waals surface area contributed by atoms with Crippen molar-refractivity contribution in [3.8, 4) is 28.7 Å². The minimum atomic E-state index is -0.115. The number of hydrogen-bond acceptors (Lipinski definition) is 13. The zero-order valence-corrected chi connectivity index (χ0v) is 54.2. The zero-order valence-electron chi connectivity index (χ0n) is 49.7. The maximum absolute atomic E-state index is 13.5. The Morgan fingerprint density at radius 2 is 1.26 bits per heavy atom. The van der Waals surface area contributed by atoms with Crippen molar-refractivity contribution in [3.05, 3.63) is 237 Å². The number of benzene rings is 3. The average Bonchev–Trinajstić information content (AvgIpc) is 1.74. The van der Waals surface area contributed by atoms with Gasteiger partial charge in [-0.3, -0.25) is 28.8 Å². The Labute approximate surface area is 537 Å². The second kappa shape index (κ2) is 27.9. The average molecular weight is 1420 g/mol. The smallest absolute Gasteiger partial charge is 0.264 e. The van der Waals surface area contributed by atoms with Gasteiger partial charge in [-0.15, -0.1) is 10.2 Å². The fourth-order valence-corrected chi connectivity index (χ4v) is 10.4. The molecule has 10 heterocycles. The van der Waals surface area contributed by atoms with Crippen molar-refractivity contribution in [3.63, 3.8) is 0 Å². The molecular formula is C66H64BBrN17O3W-. The summed E-state index contributed by atoms with van der Waals surface area (Å²) < 4.78 is 8.44. The third-order valence-corrected chi connectivity index (χ3v) is 15.8. The van der Waals surface area contributed by atoms with E-state index in [0.29, 0.717) is 51.1 Å². The first kappa shape index (κ1) is 62.9. The van der Waals surface area contributed by atoms with Gasteiger partial charge in [0.05, 0.1) is 48.3 Å². The summed E-state index contributed by atoms with van der Waals surface area (Å²) in [6.45, 7) is 4.14. The first-order valence-corrected chi connectivity index (χ1v) is 29.6. The van der Waals surface area contributed by atoms with E-state index in [-0.39, 0.29) is 51.2 Å². The molecule has 1 unspecified atom stereocenters. The maximum Gasteiger partial charge on any atom is 0.264 e. The molecule has 16 rings (SSSR count). The molecule has 0 bridgehead atoms. The van der Waals surface area contributed by atoms with E-state index in [9.17, 15) is 14.4 Å². The predicted molar refractivity (Wildman–Crippen MR) is 351 cm³/mol. The van der Waals surface area contributed by atoms with E-state index < -0.39 is 0 Å². The number of aromatic amines is 3. The molecule has 3 saturated carbocycles. The molecule has 448 valence electrons. The van der Waals surface area contributed by atoms with E-state index in [0.717, 1.165) is 66.5 Å². The fraction of sp³-hybridized carbons (Fsp3) is 0.227. The van der Waals surface area contributed by atoms with Crippen LogP contribution in [-0.4, -0.2) is 113 Å². The Morgan fingerprint density at radius 3 is 1.85 bits per heavy atom. The van der Waals surface area contributed by atoms with Gasteiger partial charge in [-0.25, -0.2) is 19.9 Å². The normalized spacial score (nSPS) is 14.7. The summed E-state index contributed by atoms with van der Waals surface area (Å²) in [6.07, 6.45) is 27.6. The van der Waals surface area contributed by atoms with Gasteiger partial charge >= 0.3 is 0 Å². The molecule has 1 aliphatic heterocycles. The molecule has 0 saturated heterocycles. The van der Waals surface area contributed by atoms with Crippen LogP contribution in [0.15, 0.2) is 201 Å². The summed E-state index contributed by atoms with van der Waals surface area (Å²) in [7, 11) is 9.57. The van der Waals surface area contributed by atoms with Crippen LogP contribution in [-0.2, 0) is 21.1 Å². The zero-order chi connectivity index (χ0) is 60.1. The van der Waals surface area contributed by atoms with E-state index in [2.05, 4.69) is 97.5 Å². The largest absolute Gasteiger partial charge is 0.358 e. The minimum Gasteiger partial charge on any atom is -0.358 e. The summed E-state index contributed by atoms with van der Waals surface area (Å²) in [5, 5.41) is 21.1. The third-order valence-electron chi connectivity index (χ3n) is 15.3. The van der Waals surface area contributed by atoms with Gasteiger partial charge in [0.2, 0.25) is 0 Å². The van der Waals surface area contributed by atoms with Crippen molar-refractivity contribution >= 4 is 73.6 Å². The molecule has 4 aliphatic rings. The Balaban J connectivity index is 0.000000133. The van der Waals surface area contributed by atoms with Crippen molar-refractivity contribution in [1.29, 1.82) is 0 Å². The Morgan fingerprint density at radius 1 is 0.663 bits per heavy atom. The molecule has 0 amide bonds. The third kappa shape index (κ3) is 14.9. The molecule has 3 N–H and O–H groups in total. The second-order valence-electron chi connectivity index (χ2n) is 22.3. The van der Waals surface area contributed by atoms with Gasteiger partial charge in [0, 0.05) is 120 Å². The molecule has 23 heteroatoms. The van der Waals surface area contributed by atoms with Crippen LogP contribution in [0.25, 0.3) is 61.0 Å². The van der Waals surface area contributed by atoms with Gasteiger partial charge in [-0.05, 0) is 161 Å². The molecule has 0 spiro atoms. The second-order valence-corrected chi connectivity index (χ2v) is 23.2. The van der Waals surface area contributed by atoms with Crippen LogP contribution in [0.1, 0.15) is 98.9 Å². The summed E-state index contributed by atoms with van der Waals surface area (Å²) >= 11 is 3.31. The molecule has 89 heavy (non-hydrogen) atoms. The topological polar surface area (TPSA) is 236 Å². The number of pyridine rings is 5. The number of H-pyrrole nitrogens is 3. The summed E-state index contributed by atoms with van der Waals surface area (Å²) in [5.41, 5.74) is 7.98. The minimum absolute atomic E-state index is 0. The molecule has 3 fully saturated rings.